The molecule has 1 aliphatic rings. The first-order valence-electron chi connectivity index (χ1n) is 9.42. The first kappa shape index (κ1) is 16.6. The van der Waals surface area contributed by atoms with E-state index < -0.39 is 7.92 Å². The number of hydrogen-bond acceptors (Lipinski definition) is 0. The molecule has 1 saturated carbocycles. The van der Waals surface area contributed by atoms with E-state index in [0.717, 1.165) is 5.92 Å². The maximum Gasteiger partial charge on any atom is -0.0116 e. The van der Waals surface area contributed by atoms with Gasteiger partial charge in [0, 0.05) is 0 Å². The predicted octanol–water partition coefficient (Wildman–Crippen LogP) is 5.49. The highest BCUT2D eigenvalue weighted by Crippen LogP contribution is 2.39. The van der Waals surface area contributed by atoms with Crippen molar-refractivity contribution in [1.29, 1.82) is 0 Å². The Bertz CT molecular complexity index is 749. The lowest BCUT2D eigenvalue weighted by atomic mass is 9.84. The third kappa shape index (κ3) is 3.70. The first-order chi connectivity index (χ1) is 12.4. The fourth-order valence-corrected chi connectivity index (χ4v) is 6.58. The molecule has 3 aromatic rings. The molecule has 1 fully saturated rings. The molecule has 0 nitrogen and oxygen atoms in total. The molecule has 0 saturated heterocycles. The van der Waals surface area contributed by atoms with Crippen LogP contribution in [0.4, 0.5) is 0 Å². The Hall–Kier alpha value is -1.91. The molecule has 0 radical (unpaired) electrons. The Kier molecular flexibility index (Phi) is 5.28. The van der Waals surface area contributed by atoms with Crippen LogP contribution >= 0.6 is 7.92 Å². The molecule has 25 heavy (non-hydrogen) atoms. The van der Waals surface area contributed by atoms with Crippen LogP contribution in [0.5, 0.6) is 0 Å². The molecule has 126 valence electrons. The molecule has 0 atom stereocenters. The van der Waals surface area contributed by atoms with Crippen LogP contribution in [0, 0.1) is 0 Å². The summed E-state index contributed by atoms with van der Waals surface area (Å²) in [5.74, 6) is 0.738. The Labute approximate surface area is 152 Å². The van der Waals surface area contributed by atoms with Gasteiger partial charge in [-0.1, -0.05) is 104 Å². The van der Waals surface area contributed by atoms with E-state index in [4.69, 9.17) is 0 Å². The zero-order valence-electron chi connectivity index (χ0n) is 14.6. The van der Waals surface area contributed by atoms with Crippen LogP contribution in [0.1, 0.15) is 43.6 Å². The van der Waals surface area contributed by atoms with Gasteiger partial charge in [-0.15, -0.1) is 0 Å². The molecule has 0 N–H and O–H groups in total. The van der Waals surface area contributed by atoms with Crippen LogP contribution < -0.4 is 15.9 Å². The zero-order chi connectivity index (χ0) is 16.9. The molecular weight excluding hydrogens is 319 g/mol. The van der Waals surface area contributed by atoms with Gasteiger partial charge in [0.25, 0.3) is 0 Å². The summed E-state index contributed by atoms with van der Waals surface area (Å²) < 4.78 is 0. The van der Waals surface area contributed by atoms with Crippen molar-refractivity contribution in [1.82, 2.24) is 0 Å². The summed E-state index contributed by atoms with van der Waals surface area (Å²) in [5.41, 5.74) is 1.60. The van der Waals surface area contributed by atoms with Gasteiger partial charge in [-0.05, 0) is 48.2 Å². The van der Waals surface area contributed by atoms with Crippen molar-refractivity contribution in [3.8, 4) is 0 Å². The van der Waals surface area contributed by atoms with Crippen molar-refractivity contribution < 1.29 is 0 Å². The molecule has 0 aromatic heterocycles. The number of rotatable bonds is 4. The first-order valence-corrected chi connectivity index (χ1v) is 10.8. The Balaban J connectivity index is 1.83. The van der Waals surface area contributed by atoms with E-state index in [1.54, 1.807) is 10.9 Å². The maximum atomic E-state index is 2.40. The highest BCUT2D eigenvalue weighted by molar-refractivity contribution is 7.79. The fraction of sp³-hybridized carbons (Fsp3) is 0.250. The van der Waals surface area contributed by atoms with Crippen LogP contribution in [0.3, 0.4) is 0 Å². The van der Waals surface area contributed by atoms with E-state index in [9.17, 15) is 0 Å². The van der Waals surface area contributed by atoms with Crippen molar-refractivity contribution >= 4 is 23.8 Å². The molecular formula is C24H25P. The van der Waals surface area contributed by atoms with Crippen LogP contribution in [0.2, 0.25) is 0 Å². The van der Waals surface area contributed by atoms with E-state index in [2.05, 4.69) is 84.9 Å². The van der Waals surface area contributed by atoms with Gasteiger partial charge in [-0.3, -0.25) is 0 Å². The third-order valence-corrected chi connectivity index (χ3v) is 7.77. The summed E-state index contributed by atoms with van der Waals surface area (Å²) in [6.45, 7) is 0. The van der Waals surface area contributed by atoms with E-state index in [0.29, 0.717) is 0 Å². The van der Waals surface area contributed by atoms with Gasteiger partial charge in [-0.25, -0.2) is 0 Å². The van der Waals surface area contributed by atoms with E-state index >= 15 is 0 Å². The van der Waals surface area contributed by atoms with Gasteiger partial charge >= 0.3 is 0 Å². The zero-order valence-corrected chi connectivity index (χ0v) is 15.5. The highest BCUT2D eigenvalue weighted by Gasteiger charge is 2.24. The van der Waals surface area contributed by atoms with Crippen LogP contribution in [-0.4, -0.2) is 0 Å². The molecule has 0 unspecified atom stereocenters. The smallest absolute Gasteiger partial charge is 0.0116 e. The lowest BCUT2D eigenvalue weighted by Crippen LogP contribution is -2.25. The van der Waals surface area contributed by atoms with Crippen LogP contribution in [0.25, 0.3) is 0 Å². The minimum atomic E-state index is -0.492. The Morgan fingerprint density at radius 3 is 1.68 bits per heavy atom. The minimum absolute atomic E-state index is 0.492. The number of hydrogen-bond donors (Lipinski definition) is 0. The number of benzene rings is 3. The quantitative estimate of drug-likeness (QED) is 0.549. The lowest BCUT2D eigenvalue weighted by Gasteiger charge is -2.28. The summed E-state index contributed by atoms with van der Waals surface area (Å²) in [6, 6.07) is 31.4. The second-order valence-corrected chi connectivity index (χ2v) is 9.09. The summed E-state index contributed by atoms with van der Waals surface area (Å²) in [7, 11) is -0.492. The topological polar surface area (TPSA) is 0 Å². The largest absolute Gasteiger partial charge is 0.0622 e. The molecule has 0 aliphatic heterocycles. The van der Waals surface area contributed by atoms with Gasteiger partial charge in [0.15, 0.2) is 0 Å². The van der Waals surface area contributed by atoms with E-state index in [1.165, 1.54) is 42.7 Å². The second kappa shape index (κ2) is 7.98. The average Bonchev–Trinajstić information content (AvgIpc) is 2.71. The molecule has 4 rings (SSSR count). The summed E-state index contributed by atoms with van der Waals surface area (Å²) in [4.78, 5) is 0. The van der Waals surface area contributed by atoms with Gasteiger partial charge in [0.05, 0.1) is 0 Å². The van der Waals surface area contributed by atoms with E-state index in [-0.39, 0.29) is 0 Å². The molecule has 3 aromatic carbocycles. The normalized spacial score (nSPS) is 15.4. The summed E-state index contributed by atoms with van der Waals surface area (Å²) in [6.07, 6.45) is 6.87. The van der Waals surface area contributed by atoms with Gasteiger partial charge < -0.3 is 0 Å². The van der Waals surface area contributed by atoms with Crippen LogP contribution in [-0.2, 0) is 0 Å². The average molecular weight is 344 g/mol. The van der Waals surface area contributed by atoms with Crippen molar-refractivity contribution in [2.45, 2.75) is 38.0 Å². The molecule has 0 heterocycles. The highest BCUT2D eigenvalue weighted by atomic mass is 31.1. The predicted molar refractivity (Wildman–Crippen MR) is 111 cm³/mol. The maximum absolute atomic E-state index is 2.40. The van der Waals surface area contributed by atoms with Crippen LogP contribution in [0.15, 0.2) is 84.9 Å². The molecule has 1 heteroatoms. The van der Waals surface area contributed by atoms with Crippen molar-refractivity contribution in [2.75, 3.05) is 0 Å². The van der Waals surface area contributed by atoms with Gasteiger partial charge in [-0.2, -0.15) is 0 Å². The van der Waals surface area contributed by atoms with Crippen molar-refractivity contribution in [2.24, 2.45) is 0 Å². The van der Waals surface area contributed by atoms with Crippen molar-refractivity contribution in [3.63, 3.8) is 0 Å². The fourth-order valence-electron chi connectivity index (χ4n) is 4.03. The lowest BCUT2D eigenvalue weighted by molar-refractivity contribution is 0.445. The SMILES string of the molecule is c1ccc(P(c2ccccc2)c2ccccc2C2CCCCC2)cc1. The van der Waals surface area contributed by atoms with Gasteiger partial charge in [0.2, 0.25) is 0 Å². The standard InChI is InChI=1S/C24H25P/c1-4-12-20(13-5-1)23-18-10-11-19-24(23)25(21-14-6-2-7-15-21)22-16-8-3-9-17-22/h2-3,6-11,14-20H,1,4-5,12-13H2. The molecule has 0 bridgehead atoms. The summed E-state index contributed by atoms with van der Waals surface area (Å²) in [5, 5.41) is 4.46. The van der Waals surface area contributed by atoms with E-state index in [1.807, 2.05) is 0 Å². The molecule has 0 spiro atoms. The van der Waals surface area contributed by atoms with Crippen molar-refractivity contribution in [3.05, 3.63) is 90.5 Å². The second-order valence-electron chi connectivity index (χ2n) is 6.90. The monoisotopic (exact) mass is 344 g/mol. The third-order valence-electron chi connectivity index (χ3n) is 5.25. The summed E-state index contributed by atoms with van der Waals surface area (Å²) >= 11 is 0. The molecule has 1 aliphatic carbocycles. The minimum Gasteiger partial charge on any atom is -0.0622 e. The Morgan fingerprint density at radius 1 is 0.560 bits per heavy atom. The van der Waals surface area contributed by atoms with Gasteiger partial charge in [0.1, 0.15) is 0 Å². The Morgan fingerprint density at radius 2 is 1.08 bits per heavy atom. The molecule has 0 amide bonds.